The van der Waals surface area contributed by atoms with Gasteiger partial charge >= 0.3 is 0 Å². The third kappa shape index (κ3) is 29.2. The summed E-state index contributed by atoms with van der Waals surface area (Å²) in [6, 6.07) is 42.3. The lowest BCUT2D eigenvalue weighted by Gasteiger charge is -2.06. The van der Waals surface area contributed by atoms with Crippen LogP contribution in [0.2, 0.25) is 0 Å². The van der Waals surface area contributed by atoms with Crippen LogP contribution in [0.3, 0.4) is 0 Å². The van der Waals surface area contributed by atoms with Crippen molar-refractivity contribution in [3.63, 3.8) is 0 Å². The van der Waals surface area contributed by atoms with Crippen molar-refractivity contribution in [3.8, 4) is 28.7 Å². The molecule has 1 atom stereocenters. The summed E-state index contributed by atoms with van der Waals surface area (Å²) < 4.78 is 0. The number of hydrogen-bond acceptors (Lipinski definition) is 5. The van der Waals surface area contributed by atoms with E-state index < -0.39 is 0 Å². The van der Waals surface area contributed by atoms with Gasteiger partial charge in [0.05, 0.1) is 0 Å². The molecule has 3 aliphatic carbocycles. The Hall–Kier alpha value is -5.16. The number of phenolic OH excluding ortho intramolecular Hbond substituents is 5. The molecule has 5 N–H and O–H groups in total. The molecule has 0 bridgehead atoms. The summed E-state index contributed by atoms with van der Waals surface area (Å²) >= 11 is 0. The molecule has 306 valence electrons. The van der Waals surface area contributed by atoms with Crippen LogP contribution in [0.4, 0.5) is 0 Å². The lowest BCUT2D eigenvalue weighted by atomic mass is 9.99. The molecule has 0 aliphatic heterocycles. The molecule has 5 aromatic carbocycles. The van der Waals surface area contributed by atoms with E-state index in [1.807, 2.05) is 64.1 Å². The Morgan fingerprint density at radius 3 is 0.804 bits per heavy atom. The number of benzene rings is 5. The van der Waals surface area contributed by atoms with Gasteiger partial charge in [0.1, 0.15) is 28.7 Å². The molecule has 5 nitrogen and oxygen atoms in total. The van der Waals surface area contributed by atoms with Gasteiger partial charge in [0.25, 0.3) is 0 Å². The fraction of sp³-hybridized carbons (Fsp3) is 0.373. The van der Waals surface area contributed by atoms with Crippen molar-refractivity contribution in [3.05, 3.63) is 163 Å². The first-order valence-corrected chi connectivity index (χ1v) is 20.6. The second kappa shape index (κ2) is 35.5. The molecule has 0 radical (unpaired) electrons. The van der Waals surface area contributed by atoms with E-state index in [0.29, 0.717) is 34.7 Å². The molecular formula is C51H72O5. The predicted octanol–water partition coefficient (Wildman–Crippen LogP) is 14.8. The highest BCUT2D eigenvalue weighted by molar-refractivity contribution is 5.31. The first-order chi connectivity index (χ1) is 27.2. The molecule has 5 aromatic rings. The quantitative estimate of drug-likeness (QED) is 0.109. The molecule has 3 aliphatic rings. The molecule has 0 spiro atoms. The molecular weight excluding hydrogens is 693 g/mol. The van der Waals surface area contributed by atoms with E-state index in [-0.39, 0.29) is 0 Å². The Labute approximate surface area is 340 Å². The van der Waals surface area contributed by atoms with Crippen molar-refractivity contribution < 1.29 is 25.5 Å². The Kier molecular flexibility index (Phi) is 32.3. The second-order valence-corrected chi connectivity index (χ2v) is 13.3. The summed E-state index contributed by atoms with van der Waals surface area (Å²) in [5.74, 6) is 4.30. The number of hydrogen-bond donors (Lipinski definition) is 5. The van der Waals surface area contributed by atoms with Crippen LogP contribution < -0.4 is 0 Å². The van der Waals surface area contributed by atoms with Crippen LogP contribution in [0.15, 0.2) is 158 Å². The summed E-state index contributed by atoms with van der Waals surface area (Å²) in [7, 11) is 0. The summed E-state index contributed by atoms with van der Waals surface area (Å²) in [5.41, 5.74) is 1.31. The normalized spacial score (nSPS) is 14.6. The molecule has 5 heteroatoms. The van der Waals surface area contributed by atoms with Crippen LogP contribution in [0, 0.1) is 11.8 Å². The molecule has 0 amide bonds. The highest BCUT2D eigenvalue weighted by Gasteiger charge is 2.11. The topological polar surface area (TPSA) is 101 Å². The van der Waals surface area contributed by atoms with Crippen molar-refractivity contribution in [2.75, 3.05) is 0 Å². The van der Waals surface area contributed by atoms with Crippen LogP contribution in [0.1, 0.15) is 117 Å². The fourth-order valence-electron chi connectivity index (χ4n) is 5.60. The standard InChI is InChI=1S/C11H12O.4C6H6O.2C6H12.2C2H6/c12-11-7-5-10(6-8-11)9-3-1-2-4-9;4*7-6-4-2-1-3-5-6;2*1-6-4-2-3-5-6;2*1-2/h1,3,5-9,12H,2,4H2;4*1-5,7H;2*6H,2-5H2,1H3;2*1-2H3. The van der Waals surface area contributed by atoms with Gasteiger partial charge in [-0.15, -0.1) is 0 Å². The number of phenols is 5. The van der Waals surface area contributed by atoms with E-state index >= 15 is 0 Å². The maximum atomic E-state index is 9.08. The second-order valence-electron chi connectivity index (χ2n) is 13.3. The van der Waals surface area contributed by atoms with Crippen molar-refractivity contribution in [1.29, 1.82) is 0 Å². The predicted molar refractivity (Wildman–Crippen MR) is 240 cm³/mol. The molecule has 2 saturated carbocycles. The molecule has 0 aromatic heterocycles. The van der Waals surface area contributed by atoms with Crippen molar-refractivity contribution in [2.45, 2.75) is 112 Å². The summed E-state index contributed by atoms with van der Waals surface area (Å²) in [5, 5.41) is 43.6. The Morgan fingerprint density at radius 1 is 0.357 bits per heavy atom. The minimum atomic E-state index is 0.322. The van der Waals surface area contributed by atoms with Gasteiger partial charge in [-0.2, -0.15) is 0 Å². The van der Waals surface area contributed by atoms with Gasteiger partial charge in [0, 0.05) is 5.92 Å². The molecule has 0 saturated heterocycles. The third-order valence-corrected chi connectivity index (χ3v) is 8.65. The van der Waals surface area contributed by atoms with Gasteiger partial charge in [-0.1, -0.05) is 190 Å². The monoisotopic (exact) mass is 765 g/mol. The average molecular weight is 765 g/mol. The summed E-state index contributed by atoms with van der Waals surface area (Å²) in [4.78, 5) is 0. The van der Waals surface area contributed by atoms with E-state index in [2.05, 4.69) is 26.0 Å². The summed E-state index contributed by atoms with van der Waals surface area (Å²) in [6.07, 6.45) is 18.8. The fourth-order valence-corrected chi connectivity index (χ4v) is 5.60. The van der Waals surface area contributed by atoms with E-state index in [0.717, 1.165) is 11.8 Å². The lowest BCUT2D eigenvalue weighted by molar-refractivity contribution is 0.474. The van der Waals surface area contributed by atoms with Crippen LogP contribution in [0.25, 0.3) is 0 Å². The van der Waals surface area contributed by atoms with Crippen LogP contribution in [0.5, 0.6) is 28.7 Å². The number of aromatic hydroxyl groups is 5. The van der Waals surface area contributed by atoms with Crippen LogP contribution in [-0.2, 0) is 0 Å². The van der Waals surface area contributed by atoms with Crippen LogP contribution in [-0.4, -0.2) is 25.5 Å². The highest BCUT2D eigenvalue weighted by atomic mass is 16.3. The van der Waals surface area contributed by atoms with E-state index in [9.17, 15) is 0 Å². The van der Waals surface area contributed by atoms with Gasteiger partial charge in [0.15, 0.2) is 0 Å². The number of para-hydroxylation sites is 4. The zero-order valence-corrected chi connectivity index (χ0v) is 35.1. The smallest absolute Gasteiger partial charge is 0.115 e. The van der Waals surface area contributed by atoms with Crippen molar-refractivity contribution in [2.24, 2.45) is 11.8 Å². The van der Waals surface area contributed by atoms with E-state index in [1.165, 1.54) is 69.8 Å². The largest absolute Gasteiger partial charge is 0.508 e. The van der Waals surface area contributed by atoms with Gasteiger partial charge in [-0.05, 0) is 90.9 Å². The Bertz CT molecular complexity index is 1370. The van der Waals surface area contributed by atoms with Gasteiger partial charge in [0.2, 0.25) is 0 Å². The zero-order valence-electron chi connectivity index (χ0n) is 35.1. The minimum Gasteiger partial charge on any atom is -0.508 e. The van der Waals surface area contributed by atoms with Crippen molar-refractivity contribution in [1.82, 2.24) is 0 Å². The zero-order chi connectivity index (χ0) is 41.7. The van der Waals surface area contributed by atoms with E-state index in [1.54, 1.807) is 109 Å². The number of allylic oxidation sites excluding steroid dienone is 2. The Balaban J connectivity index is 0.000000629. The van der Waals surface area contributed by atoms with Gasteiger partial charge < -0.3 is 25.5 Å². The molecule has 0 heterocycles. The Morgan fingerprint density at radius 2 is 0.625 bits per heavy atom. The molecule has 1 unspecified atom stereocenters. The third-order valence-electron chi connectivity index (χ3n) is 8.65. The molecule has 56 heavy (non-hydrogen) atoms. The maximum Gasteiger partial charge on any atom is 0.115 e. The first kappa shape index (κ1) is 50.8. The maximum absolute atomic E-state index is 9.08. The number of rotatable bonds is 1. The minimum absolute atomic E-state index is 0.322. The molecule has 2 fully saturated rings. The first-order valence-electron chi connectivity index (χ1n) is 20.6. The van der Waals surface area contributed by atoms with Crippen LogP contribution >= 0.6 is 0 Å². The average Bonchev–Trinajstić information content (AvgIpc) is 4.06. The lowest BCUT2D eigenvalue weighted by Crippen LogP contribution is -1.89. The van der Waals surface area contributed by atoms with Crippen molar-refractivity contribution >= 4 is 0 Å². The van der Waals surface area contributed by atoms with E-state index in [4.69, 9.17) is 25.5 Å². The summed E-state index contributed by atoms with van der Waals surface area (Å²) in [6.45, 7) is 12.7. The molecule has 8 rings (SSSR count). The highest BCUT2D eigenvalue weighted by Crippen LogP contribution is 2.29. The SMILES string of the molecule is CC.CC.CC1CCCC1.CC1CCCC1.Oc1ccc(C2C=CCC2)cc1.Oc1ccccc1.Oc1ccccc1.Oc1ccccc1.Oc1ccccc1. The van der Waals surface area contributed by atoms with Gasteiger partial charge in [-0.3, -0.25) is 0 Å². The van der Waals surface area contributed by atoms with Gasteiger partial charge in [-0.25, -0.2) is 0 Å².